The molecule has 7 nitrogen and oxygen atoms in total. The van der Waals surface area contributed by atoms with Gasteiger partial charge in [0.15, 0.2) is 0 Å². The number of aromatic nitrogens is 2. The van der Waals surface area contributed by atoms with E-state index in [4.69, 9.17) is 11.5 Å². The Morgan fingerprint density at radius 2 is 2.08 bits per heavy atom. The number of rotatable bonds is 3. The number of benzene rings is 2. The van der Waals surface area contributed by atoms with Crippen molar-refractivity contribution in [3.63, 3.8) is 0 Å². The van der Waals surface area contributed by atoms with E-state index in [0.29, 0.717) is 5.69 Å². The molecule has 0 aliphatic heterocycles. The number of nitriles is 1. The Labute approximate surface area is 147 Å². The SMILES string of the molecule is C[C@H](N)c1nc2c(C#N)cc(F)cc2c(=O)n1-c1cccc(C(N)=O)c1. The summed E-state index contributed by atoms with van der Waals surface area (Å²) in [6.07, 6.45) is 0. The van der Waals surface area contributed by atoms with E-state index >= 15 is 0 Å². The molecular weight excluding hydrogens is 337 g/mol. The second-order valence-corrected chi connectivity index (χ2v) is 5.78. The summed E-state index contributed by atoms with van der Waals surface area (Å²) < 4.78 is 15.0. The van der Waals surface area contributed by atoms with Crippen molar-refractivity contribution in [1.82, 2.24) is 9.55 Å². The average molecular weight is 351 g/mol. The molecule has 8 heteroatoms. The molecule has 130 valence electrons. The van der Waals surface area contributed by atoms with Crippen molar-refractivity contribution in [2.45, 2.75) is 13.0 Å². The van der Waals surface area contributed by atoms with Crippen LogP contribution in [-0.2, 0) is 0 Å². The van der Waals surface area contributed by atoms with Crippen molar-refractivity contribution in [2.24, 2.45) is 11.5 Å². The highest BCUT2D eigenvalue weighted by molar-refractivity contribution is 5.93. The molecule has 1 amide bonds. The normalized spacial score (nSPS) is 11.9. The molecule has 0 aliphatic rings. The van der Waals surface area contributed by atoms with Crippen molar-refractivity contribution >= 4 is 16.8 Å². The van der Waals surface area contributed by atoms with Crippen LogP contribution in [0.15, 0.2) is 41.2 Å². The van der Waals surface area contributed by atoms with Gasteiger partial charge in [-0.15, -0.1) is 0 Å². The highest BCUT2D eigenvalue weighted by atomic mass is 19.1. The van der Waals surface area contributed by atoms with E-state index in [1.54, 1.807) is 19.1 Å². The second kappa shape index (κ2) is 6.38. The van der Waals surface area contributed by atoms with E-state index < -0.39 is 23.3 Å². The molecule has 26 heavy (non-hydrogen) atoms. The van der Waals surface area contributed by atoms with Gasteiger partial charge in [-0.1, -0.05) is 6.07 Å². The standard InChI is InChI=1S/C18H14FN5O2/c1-9(21)17-23-15-11(8-20)5-12(19)7-14(15)18(26)24(17)13-4-2-3-10(6-13)16(22)25/h2-7,9H,21H2,1H3,(H2,22,25)/t9-/m0/s1. The highest BCUT2D eigenvalue weighted by Gasteiger charge is 2.19. The van der Waals surface area contributed by atoms with E-state index in [-0.39, 0.29) is 27.9 Å². The van der Waals surface area contributed by atoms with Crippen LogP contribution in [0, 0.1) is 17.1 Å². The zero-order valence-corrected chi connectivity index (χ0v) is 13.7. The largest absolute Gasteiger partial charge is 0.366 e. The fraction of sp³-hybridized carbons (Fsp3) is 0.111. The van der Waals surface area contributed by atoms with Crippen LogP contribution in [-0.4, -0.2) is 15.5 Å². The number of nitrogens with zero attached hydrogens (tertiary/aromatic N) is 3. The zero-order valence-electron chi connectivity index (χ0n) is 13.7. The summed E-state index contributed by atoms with van der Waals surface area (Å²) >= 11 is 0. The lowest BCUT2D eigenvalue weighted by Crippen LogP contribution is -2.28. The lowest BCUT2D eigenvalue weighted by atomic mass is 10.1. The van der Waals surface area contributed by atoms with E-state index in [2.05, 4.69) is 4.98 Å². The minimum absolute atomic E-state index is 0.0583. The third-order valence-electron chi connectivity index (χ3n) is 3.88. The Hall–Kier alpha value is -3.57. The van der Waals surface area contributed by atoms with Gasteiger partial charge in [-0.3, -0.25) is 14.2 Å². The number of nitrogens with two attached hydrogens (primary N) is 2. The van der Waals surface area contributed by atoms with E-state index in [1.165, 1.54) is 16.7 Å². The first-order valence-corrected chi connectivity index (χ1v) is 7.65. The van der Waals surface area contributed by atoms with E-state index in [1.807, 2.05) is 6.07 Å². The molecule has 0 fully saturated rings. The molecule has 4 N–H and O–H groups in total. The molecule has 2 aromatic carbocycles. The van der Waals surface area contributed by atoms with Gasteiger partial charge in [-0.05, 0) is 37.3 Å². The summed E-state index contributed by atoms with van der Waals surface area (Å²) in [6.45, 7) is 1.62. The number of hydrogen-bond donors (Lipinski definition) is 2. The fourth-order valence-electron chi connectivity index (χ4n) is 2.71. The zero-order chi connectivity index (χ0) is 19.0. The van der Waals surface area contributed by atoms with Gasteiger partial charge in [0.25, 0.3) is 5.56 Å². The van der Waals surface area contributed by atoms with Gasteiger partial charge in [-0.2, -0.15) is 5.26 Å². The summed E-state index contributed by atoms with van der Waals surface area (Å²) in [5.74, 6) is -1.21. The Morgan fingerprint density at radius 1 is 1.35 bits per heavy atom. The molecule has 1 atom stereocenters. The van der Waals surface area contributed by atoms with Crippen LogP contribution in [0.1, 0.15) is 34.7 Å². The second-order valence-electron chi connectivity index (χ2n) is 5.78. The molecule has 0 radical (unpaired) electrons. The maximum absolute atomic E-state index is 13.8. The summed E-state index contributed by atoms with van der Waals surface area (Å²) in [5.41, 5.74) is 11.2. The molecule has 0 saturated carbocycles. The van der Waals surface area contributed by atoms with Crippen LogP contribution in [0.3, 0.4) is 0 Å². The maximum Gasteiger partial charge on any atom is 0.266 e. The summed E-state index contributed by atoms with van der Waals surface area (Å²) in [5, 5.41) is 9.16. The third-order valence-corrected chi connectivity index (χ3v) is 3.88. The molecule has 0 aliphatic carbocycles. The number of carbonyl (C=O) groups excluding carboxylic acids is 1. The number of carbonyl (C=O) groups is 1. The van der Waals surface area contributed by atoms with Crippen molar-refractivity contribution in [1.29, 1.82) is 5.26 Å². The van der Waals surface area contributed by atoms with Crippen molar-refractivity contribution in [3.05, 3.63) is 69.5 Å². The fourth-order valence-corrected chi connectivity index (χ4v) is 2.71. The Morgan fingerprint density at radius 3 is 2.69 bits per heavy atom. The van der Waals surface area contributed by atoms with Crippen molar-refractivity contribution in [3.8, 4) is 11.8 Å². The van der Waals surface area contributed by atoms with Crippen LogP contribution in [0.4, 0.5) is 4.39 Å². The molecule has 0 saturated heterocycles. The molecule has 0 bridgehead atoms. The van der Waals surface area contributed by atoms with E-state index in [9.17, 15) is 19.2 Å². The Kier molecular flexibility index (Phi) is 4.24. The molecular formula is C18H14FN5O2. The van der Waals surface area contributed by atoms with Gasteiger partial charge in [-0.25, -0.2) is 9.37 Å². The number of primary amides is 1. The molecule has 0 spiro atoms. The van der Waals surface area contributed by atoms with Crippen LogP contribution < -0.4 is 17.0 Å². The first-order valence-electron chi connectivity index (χ1n) is 7.65. The first kappa shape index (κ1) is 17.3. The molecule has 3 aromatic rings. The number of amides is 1. The van der Waals surface area contributed by atoms with Crippen molar-refractivity contribution in [2.75, 3.05) is 0 Å². The number of hydrogen-bond acceptors (Lipinski definition) is 5. The Bertz CT molecular complexity index is 1140. The molecule has 1 heterocycles. The van der Waals surface area contributed by atoms with Gasteiger partial charge in [0.05, 0.1) is 28.2 Å². The maximum atomic E-state index is 13.8. The summed E-state index contributed by atoms with van der Waals surface area (Å²) in [7, 11) is 0. The van der Waals surface area contributed by atoms with Gasteiger partial charge in [0.1, 0.15) is 17.7 Å². The molecule has 1 aromatic heterocycles. The Balaban J connectivity index is 2.46. The minimum atomic E-state index is -0.723. The number of halogens is 1. The summed E-state index contributed by atoms with van der Waals surface area (Å²) in [4.78, 5) is 28.8. The quantitative estimate of drug-likeness (QED) is 0.739. The van der Waals surface area contributed by atoms with Crippen LogP contribution in [0.25, 0.3) is 16.6 Å². The predicted octanol–water partition coefficient (Wildman–Crippen LogP) is 1.52. The van der Waals surface area contributed by atoms with Gasteiger partial charge in [0, 0.05) is 5.56 Å². The van der Waals surface area contributed by atoms with Gasteiger partial charge < -0.3 is 11.5 Å². The van der Waals surface area contributed by atoms with Gasteiger partial charge >= 0.3 is 0 Å². The van der Waals surface area contributed by atoms with Crippen LogP contribution in [0.5, 0.6) is 0 Å². The first-order chi connectivity index (χ1) is 12.3. The smallest absolute Gasteiger partial charge is 0.266 e. The lowest BCUT2D eigenvalue weighted by molar-refractivity contribution is 0.1000. The lowest BCUT2D eigenvalue weighted by Gasteiger charge is -2.16. The highest BCUT2D eigenvalue weighted by Crippen LogP contribution is 2.21. The average Bonchev–Trinajstić information content (AvgIpc) is 2.61. The van der Waals surface area contributed by atoms with E-state index in [0.717, 1.165) is 12.1 Å². The molecule has 3 rings (SSSR count). The molecule has 0 unspecified atom stereocenters. The van der Waals surface area contributed by atoms with Crippen molar-refractivity contribution < 1.29 is 9.18 Å². The summed E-state index contributed by atoms with van der Waals surface area (Å²) in [6, 6.07) is 9.27. The van der Waals surface area contributed by atoms with Crippen LogP contribution in [0.2, 0.25) is 0 Å². The minimum Gasteiger partial charge on any atom is -0.366 e. The van der Waals surface area contributed by atoms with Crippen LogP contribution >= 0.6 is 0 Å². The third kappa shape index (κ3) is 2.81. The predicted molar refractivity (Wildman–Crippen MR) is 93.1 cm³/mol. The van der Waals surface area contributed by atoms with Gasteiger partial charge in [0.2, 0.25) is 5.91 Å². The monoisotopic (exact) mass is 351 g/mol. The number of fused-ring (bicyclic) bond motifs is 1. The topological polar surface area (TPSA) is 128 Å².